The molecule has 0 heterocycles. The molecule has 96 valence electrons. The van der Waals surface area contributed by atoms with Crippen LogP contribution < -0.4 is 5.32 Å². The van der Waals surface area contributed by atoms with E-state index in [2.05, 4.69) is 79.9 Å². The number of hydrogen-bond donors (Lipinski definition) is 1. The molecule has 1 unspecified atom stereocenters. The fourth-order valence-electron chi connectivity index (χ4n) is 1.77. The molecule has 0 saturated heterocycles. The third-order valence-electron chi connectivity index (χ3n) is 2.94. The Labute approximate surface area is 120 Å². The van der Waals surface area contributed by atoms with Gasteiger partial charge in [0.2, 0.25) is 0 Å². The van der Waals surface area contributed by atoms with Gasteiger partial charge in [-0.3, -0.25) is 0 Å². The number of halogens is 1. The van der Waals surface area contributed by atoms with Crippen LogP contribution in [0.25, 0.3) is 0 Å². The van der Waals surface area contributed by atoms with E-state index in [0.717, 1.165) is 12.5 Å². The van der Waals surface area contributed by atoms with Crippen molar-refractivity contribution in [3.63, 3.8) is 0 Å². The van der Waals surface area contributed by atoms with Gasteiger partial charge in [-0.25, -0.2) is 0 Å². The molecule has 1 aromatic rings. The van der Waals surface area contributed by atoms with Gasteiger partial charge in [-0.2, -0.15) is 0 Å². The molecular weight excluding hydrogens is 321 g/mol. The smallest absolute Gasteiger partial charge is 0.0130 e. The van der Waals surface area contributed by atoms with Crippen LogP contribution in [0.15, 0.2) is 24.3 Å². The Balaban J connectivity index is 2.49. The summed E-state index contributed by atoms with van der Waals surface area (Å²) in [6.07, 6.45) is 2.41. The second-order valence-electron chi connectivity index (χ2n) is 5.74. The SMILES string of the molecule is CCC(CNC(C)(C)C)Cc1ccc(I)cc1. The van der Waals surface area contributed by atoms with E-state index in [9.17, 15) is 0 Å². The minimum absolute atomic E-state index is 0.222. The van der Waals surface area contributed by atoms with Crippen LogP contribution in [-0.4, -0.2) is 12.1 Å². The number of rotatable bonds is 5. The van der Waals surface area contributed by atoms with Crippen LogP contribution in [-0.2, 0) is 6.42 Å². The predicted octanol–water partition coefficient (Wildman–Crippen LogP) is 4.25. The van der Waals surface area contributed by atoms with Crippen LogP contribution in [0.3, 0.4) is 0 Å². The molecule has 0 spiro atoms. The normalized spacial score (nSPS) is 13.7. The van der Waals surface area contributed by atoms with Gasteiger partial charge in [0, 0.05) is 9.11 Å². The highest BCUT2D eigenvalue weighted by Gasteiger charge is 2.13. The number of nitrogens with one attached hydrogen (secondary N) is 1. The first-order valence-electron chi connectivity index (χ1n) is 6.40. The molecule has 2 heteroatoms. The maximum absolute atomic E-state index is 3.60. The molecule has 0 radical (unpaired) electrons. The lowest BCUT2D eigenvalue weighted by molar-refractivity contribution is 0.363. The highest BCUT2D eigenvalue weighted by molar-refractivity contribution is 14.1. The molecule has 1 nitrogen and oxygen atoms in total. The fraction of sp³-hybridized carbons (Fsp3) is 0.600. The first-order chi connectivity index (χ1) is 7.90. The average molecular weight is 345 g/mol. The lowest BCUT2D eigenvalue weighted by Gasteiger charge is -2.24. The third-order valence-corrected chi connectivity index (χ3v) is 3.66. The quantitative estimate of drug-likeness (QED) is 0.787. The zero-order valence-corrected chi connectivity index (χ0v) is 13.5. The summed E-state index contributed by atoms with van der Waals surface area (Å²) in [6.45, 7) is 10.1. The second kappa shape index (κ2) is 6.74. The molecule has 0 aliphatic heterocycles. The summed E-state index contributed by atoms with van der Waals surface area (Å²) in [7, 11) is 0. The van der Waals surface area contributed by atoms with Crippen molar-refractivity contribution in [3.05, 3.63) is 33.4 Å². The Morgan fingerprint density at radius 1 is 1.18 bits per heavy atom. The Morgan fingerprint density at radius 2 is 1.76 bits per heavy atom. The van der Waals surface area contributed by atoms with Gasteiger partial charge in [0.1, 0.15) is 0 Å². The first-order valence-corrected chi connectivity index (χ1v) is 7.48. The van der Waals surface area contributed by atoms with Gasteiger partial charge < -0.3 is 5.32 Å². The Kier molecular flexibility index (Phi) is 5.93. The van der Waals surface area contributed by atoms with Crippen LogP contribution in [0, 0.1) is 9.49 Å². The third kappa shape index (κ3) is 6.41. The Morgan fingerprint density at radius 3 is 2.24 bits per heavy atom. The van der Waals surface area contributed by atoms with Crippen molar-refractivity contribution in [1.82, 2.24) is 5.32 Å². The topological polar surface area (TPSA) is 12.0 Å². The molecule has 0 bridgehead atoms. The highest BCUT2D eigenvalue weighted by atomic mass is 127. The van der Waals surface area contributed by atoms with E-state index in [0.29, 0.717) is 0 Å². The van der Waals surface area contributed by atoms with Crippen molar-refractivity contribution in [1.29, 1.82) is 0 Å². The molecule has 1 aromatic carbocycles. The van der Waals surface area contributed by atoms with Crippen LogP contribution in [0.5, 0.6) is 0 Å². The molecule has 1 N–H and O–H groups in total. The van der Waals surface area contributed by atoms with Gasteiger partial charge in [-0.15, -0.1) is 0 Å². The van der Waals surface area contributed by atoms with E-state index in [1.165, 1.54) is 22.0 Å². The van der Waals surface area contributed by atoms with E-state index in [1.54, 1.807) is 0 Å². The maximum Gasteiger partial charge on any atom is 0.0130 e. The lowest BCUT2D eigenvalue weighted by Crippen LogP contribution is -2.39. The van der Waals surface area contributed by atoms with Gasteiger partial charge in [0.15, 0.2) is 0 Å². The van der Waals surface area contributed by atoms with Crippen molar-refractivity contribution in [2.24, 2.45) is 5.92 Å². The molecule has 0 aromatic heterocycles. The summed E-state index contributed by atoms with van der Waals surface area (Å²) in [5.41, 5.74) is 1.67. The summed E-state index contributed by atoms with van der Waals surface area (Å²) in [5, 5.41) is 3.60. The predicted molar refractivity (Wildman–Crippen MR) is 84.4 cm³/mol. The fourth-order valence-corrected chi connectivity index (χ4v) is 2.12. The van der Waals surface area contributed by atoms with E-state index < -0.39 is 0 Å². The van der Waals surface area contributed by atoms with Crippen molar-refractivity contribution in [3.8, 4) is 0 Å². The first kappa shape index (κ1) is 15.0. The van der Waals surface area contributed by atoms with E-state index in [-0.39, 0.29) is 5.54 Å². The largest absolute Gasteiger partial charge is 0.312 e. The number of hydrogen-bond acceptors (Lipinski definition) is 1. The average Bonchev–Trinajstić information content (AvgIpc) is 2.25. The van der Waals surface area contributed by atoms with Gasteiger partial charge in [0.05, 0.1) is 0 Å². The number of benzene rings is 1. The molecule has 0 aliphatic carbocycles. The van der Waals surface area contributed by atoms with E-state index >= 15 is 0 Å². The van der Waals surface area contributed by atoms with Gasteiger partial charge >= 0.3 is 0 Å². The molecule has 0 amide bonds. The van der Waals surface area contributed by atoms with Crippen LogP contribution in [0.4, 0.5) is 0 Å². The zero-order valence-electron chi connectivity index (χ0n) is 11.4. The maximum atomic E-state index is 3.60. The lowest BCUT2D eigenvalue weighted by atomic mass is 9.95. The standard InChI is InChI=1S/C15H24IN/c1-5-12(11-17-15(2,3)4)10-13-6-8-14(16)9-7-13/h6-9,12,17H,5,10-11H2,1-4H3. The highest BCUT2D eigenvalue weighted by Crippen LogP contribution is 2.14. The summed E-state index contributed by atoms with van der Waals surface area (Å²) in [6, 6.07) is 8.89. The van der Waals surface area contributed by atoms with Crippen molar-refractivity contribution < 1.29 is 0 Å². The molecule has 1 rings (SSSR count). The molecule has 0 fully saturated rings. The Hall–Kier alpha value is -0.0900. The minimum atomic E-state index is 0.222. The Bertz CT molecular complexity index is 324. The molecular formula is C15H24IN. The van der Waals surface area contributed by atoms with Crippen LogP contribution in [0.2, 0.25) is 0 Å². The summed E-state index contributed by atoms with van der Waals surface area (Å²) < 4.78 is 1.31. The zero-order chi connectivity index (χ0) is 12.9. The molecule has 0 aliphatic rings. The summed E-state index contributed by atoms with van der Waals surface area (Å²) in [5.74, 6) is 0.731. The molecule has 17 heavy (non-hydrogen) atoms. The molecule has 0 saturated carbocycles. The monoisotopic (exact) mass is 345 g/mol. The van der Waals surface area contributed by atoms with E-state index in [1.807, 2.05) is 0 Å². The van der Waals surface area contributed by atoms with E-state index in [4.69, 9.17) is 0 Å². The minimum Gasteiger partial charge on any atom is -0.312 e. The van der Waals surface area contributed by atoms with Gasteiger partial charge in [-0.1, -0.05) is 25.5 Å². The second-order valence-corrected chi connectivity index (χ2v) is 6.98. The van der Waals surface area contributed by atoms with Crippen LogP contribution >= 0.6 is 22.6 Å². The summed E-state index contributed by atoms with van der Waals surface area (Å²) in [4.78, 5) is 0. The summed E-state index contributed by atoms with van der Waals surface area (Å²) >= 11 is 2.35. The van der Waals surface area contributed by atoms with Crippen LogP contribution in [0.1, 0.15) is 39.7 Å². The van der Waals surface area contributed by atoms with Gasteiger partial charge in [0.25, 0.3) is 0 Å². The molecule has 1 atom stereocenters. The van der Waals surface area contributed by atoms with Crippen molar-refractivity contribution in [2.75, 3.05) is 6.54 Å². The van der Waals surface area contributed by atoms with Gasteiger partial charge in [-0.05, 0) is 79.9 Å². The van der Waals surface area contributed by atoms with Crippen molar-refractivity contribution >= 4 is 22.6 Å². The van der Waals surface area contributed by atoms with Crippen molar-refractivity contribution in [2.45, 2.75) is 46.1 Å².